The summed E-state index contributed by atoms with van der Waals surface area (Å²) >= 11 is 0. The molecule has 0 aromatic rings. The minimum atomic E-state index is 0.0421. The smallest absolute Gasteiger partial charge is 0.185 e. The van der Waals surface area contributed by atoms with Crippen LogP contribution in [0.4, 0.5) is 0 Å². The van der Waals surface area contributed by atoms with Crippen LogP contribution in [-0.4, -0.2) is 12.5 Å². The van der Waals surface area contributed by atoms with Crippen molar-refractivity contribution in [1.82, 2.24) is 5.32 Å². The molecule has 60 valence electrons. The first-order chi connectivity index (χ1) is 5.29. The van der Waals surface area contributed by atoms with E-state index in [1.165, 1.54) is 5.57 Å². The predicted octanol–water partition coefficient (Wildman–Crippen LogP) is 0.746. The Balaban J connectivity index is 2.31. The van der Waals surface area contributed by atoms with Gasteiger partial charge in [0.25, 0.3) is 0 Å². The molecule has 0 bridgehead atoms. The standard InChI is InChI=1S/C8H13N3/c9-8(10)11-6-7-4-2-1-3-5-7/h1-2,4H,3,5-6H2,(H4,9,10,11). The highest BCUT2D eigenvalue weighted by Crippen LogP contribution is 2.09. The van der Waals surface area contributed by atoms with Crippen LogP contribution in [0, 0.1) is 5.41 Å². The van der Waals surface area contributed by atoms with Gasteiger partial charge in [-0.1, -0.05) is 23.8 Å². The van der Waals surface area contributed by atoms with Gasteiger partial charge in [0.15, 0.2) is 5.96 Å². The first kappa shape index (κ1) is 7.85. The van der Waals surface area contributed by atoms with Gasteiger partial charge in [0.2, 0.25) is 0 Å². The van der Waals surface area contributed by atoms with Crippen LogP contribution < -0.4 is 11.1 Å². The third-order valence-corrected chi connectivity index (χ3v) is 1.61. The maximum absolute atomic E-state index is 6.93. The highest BCUT2D eigenvalue weighted by atomic mass is 15.0. The van der Waals surface area contributed by atoms with E-state index in [-0.39, 0.29) is 5.96 Å². The lowest BCUT2D eigenvalue weighted by atomic mass is 10.1. The molecule has 0 fully saturated rings. The number of rotatable bonds is 2. The second kappa shape index (κ2) is 3.81. The molecule has 4 N–H and O–H groups in total. The molecule has 0 spiro atoms. The SMILES string of the molecule is N=C(N)NCC1=CC=CCC1. The summed E-state index contributed by atoms with van der Waals surface area (Å²) in [7, 11) is 0. The van der Waals surface area contributed by atoms with Gasteiger partial charge in [-0.2, -0.15) is 0 Å². The maximum Gasteiger partial charge on any atom is 0.185 e. The van der Waals surface area contributed by atoms with Crippen molar-refractivity contribution in [3.05, 3.63) is 23.8 Å². The number of nitrogens with two attached hydrogens (primary N) is 1. The molecule has 0 unspecified atom stereocenters. The Kier molecular flexibility index (Phi) is 2.72. The Bertz CT molecular complexity index is 203. The van der Waals surface area contributed by atoms with Gasteiger partial charge in [0, 0.05) is 6.54 Å². The minimum absolute atomic E-state index is 0.0421. The van der Waals surface area contributed by atoms with Gasteiger partial charge >= 0.3 is 0 Å². The molecule has 0 radical (unpaired) electrons. The van der Waals surface area contributed by atoms with Crippen molar-refractivity contribution in [2.24, 2.45) is 5.73 Å². The highest BCUT2D eigenvalue weighted by molar-refractivity contribution is 5.74. The fourth-order valence-electron chi connectivity index (χ4n) is 1.01. The Morgan fingerprint density at radius 2 is 2.55 bits per heavy atom. The number of guanidine groups is 1. The second-order valence-electron chi connectivity index (χ2n) is 2.56. The van der Waals surface area contributed by atoms with E-state index in [9.17, 15) is 0 Å². The average molecular weight is 151 g/mol. The molecule has 3 nitrogen and oxygen atoms in total. The zero-order valence-corrected chi connectivity index (χ0v) is 6.43. The van der Waals surface area contributed by atoms with Crippen molar-refractivity contribution < 1.29 is 0 Å². The summed E-state index contributed by atoms with van der Waals surface area (Å²) in [6, 6.07) is 0. The molecular weight excluding hydrogens is 138 g/mol. The average Bonchev–Trinajstić information content (AvgIpc) is 2.03. The Morgan fingerprint density at radius 1 is 1.73 bits per heavy atom. The molecule has 0 aliphatic heterocycles. The number of hydrogen-bond donors (Lipinski definition) is 3. The fourth-order valence-corrected chi connectivity index (χ4v) is 1.01. The van der Waals surface area contributed by atoms with E-state index in [1.807, 2.05) is 6.08 Å². The van der Waals surface area contributed by atoms with E-state index in [4.69, 9.17) is 11.1 Å². The summed E-state index contributed by atoms with van der Waals surface area (Å²) in [5.74, 6) is 0.0421. The second-order valence-corrected chi connectivity index (χ2v) is 2.56. The van der Waals surface area contributed by atoms with E-state index < -0.39 is 0 Å². The third-order valence-electron chi connectivity index (χ3n) is 1.61. The highest BCUT2D eigenvalue weighted by Gasteiger charge is 1.98. The van der Waals surface area contributed by atoms with Crippen LogP contribution in [0.15, 0.2) is 23.8 Å². The quantitative estimate of drug-likeness (QED) is 0.403. The Morgan fingerprint density at radius 3 is 3.09 bits per heavy atom. The maximum atomic E-state index is 6.93. The van der Waals surface area contributed by atoms with Crippen LogP contribution in [0.1, 0.15) is 12.8 Å². The van der Waals surface area contributed by atoms with E-state index >= 15 is 0 Å². The monoisotopic (exact) mass is 151 g/mol. The summed E-state index contributed by atoms with van der Waals surface area (Å²) in [6.07, 6.45) is 8.43. The number of allylic oxidation sites excluding steroid dienone is 3. The topological polar surface area (TPSA) is 61.9 Å². The Labute approximate surface area is 66.5 Å². The fraction of sp³-hybridized carbons (Fsp3) is 0.375. The van der Waals surface area contributed by atoms with Crippen molar-refractivity contribution >= 4 is 5.96 Å². The van der Waals surface area contributed by atoms with Gasteiger partial charge in [-0.05, 0) is 12.8 Å². The van der Waals surface area contributed by atoms with Gasteiger partial charge < -0.3 is 11.1 Å². The van der Waals surface area contributed by atoms with E-state index in [0.717, 1.165) is 12.8 Å². The summed E-state index contributed by atoms with van der Waals surface area (Å²) in [4.78, 5) is 0. The lowest BCUT2D eigenvalue weighted by Crippen LogP contribution is -2.31. The van der Waals surface area contributed by atoms with Gasteiger partial charge in [0.1, 0.15) is 0 Å². The van der Waals surface area contributed by atoms with Crippen LogP contribution in [0.3, 0.4) is 0 Å². The van der Waals surface area contributed by atoms with Crippen LogP contribution >= 0.6 is 0 Å². The molecule has 0 aromatic carbocycles. The molecule has 3 heteroatoms. The van der Waals surface area contributed by atoms with Crippen molar-refractivity contribution in [1.29, 1.82) is 5.41 Å². The molecule has 0 heterocycles. The van der Waals surface area contributed by atoms with Gasteiger partial charge in [0.05, 0.1) is 0 Å². The molecule has 0 amide bonds. The first-order valence-electron chi connectivity index (χ1n) is 3.71. The zero-order chi connectivity index (χ0) is 8.10. The summed E-state index contributed by atoms with van der Waals surface area (Å²) in [5.41, 5.74) is 6.44. The predicted molar refractivity (Wildman–Crippen MR) is 46.4 cm³/mol. The lowest BCUT2D eigenvalue weighted by Gasteiger charge is -2.09. The van der Waals surface area contributed by atoms with Crippen LogP contribution in [0.25, 0.3) is 0 Å². The molecular formula is C8H13N3. The van der Waals surface area contributed by atoms with E-state index in [1.54, 1.807) is 0 Å². The number of nitrogens with one attached hydrogen (secondary N) is 2. The van der Waals surface area contributed by atoms with Crippen LogP contribution in [-0.2, 0) is 0 Å². The Hall–Kier alpha value is -1.25. The third kappa shape index (κ3) is 2.89. The summed E-state index contributed by atoms with van der Waals surface area (Å²) in [6.45, 7) is 0.708. The summed E-state index contributed by atoms with van der Waals surface area (Å²) in [5, 5.41) is 9.71. The van der Waals surface area contributed by atoms with Crippen molar-refractivity contribution in [2.45, 2.75) is 12.8 Å². The molecule has 1 rings (SSSR count). The lowest BCUT2D eigenvalue weighted by molar-refractivity contribution is 0.860. The van der Waals surface area contributed by atoms with Gasteiger partial charge in [-0.3, -0.25) is 5.41 Å². The van der Waals surface area contributed by atoms with Crippen LogP contribution in [0.2, 0.25) is 0 Å². The van der Waals surface area contributed by atoms with Gasteiger partial charge in [-0.25, -0.2) is 0 Å². The van der Waals surface area contributed by atoms with Crippen LogP contribution in [0.5, 0.6) is 0 Å². The zero-order valence-electron chi connectivity index (χ0n) is 6.43. The van der Waals surface area contributed by atoms with Crippen molar-refractivity contribution in [2.75, 3.05) is 6.54 Å². The number of hydrogen-bond acceptors (Lipinski definition) is 1. The van der Waals surface area contributed by atoms with E-state index in [2.05, 4.69) is 17.5 Å². The minimum Gasteiger partial charge on any atom is -0.370 e. The molecule has 11 heavy (non-hydrogen) atoms. The normalized spacial score (nSPS) is 15.8. The molecule has 1 aliphatic rings. The van der Waals surface area contributed by atoms with E-state index in [0.29, 0.717) is 6.54 Å². The first-order valence-corrected chi connectivity index (χ1v) is 3.71. The largest absolute Gasteiger partial charge is 0.370 e. The molecule has 0 saturated heterocycles. The molecule has 1 aliphatic carbocycles. The molecule has 0 saturated carbocycles. The molecule has 0 atom stereocenters. The van der Waals surface area contributed by atoms with Crippen molar-refractivity contribution in [3.63, 3.8) is 0 Å². The van der Waals surface area contributed by atoms with Gasteiger partial charge in [-0.15, -0.1) is 0 Å². The van der Waals surface area contributed by atoms with Crippen molar-refractivity contribution in [3.8, 4) is 0 Å². The summed E-state index contributed by atoms with van der Waals surface area (Å²) < 4.78 is 0. The molecule has 0 aromatic heterocycles.